The molecule has 4 nitrogen and oxygen atoms in total. The number of nitrogens with zero attached hydrogens (tertiary/aromatic N) is 2. The summed E-state index contributed by atoms with van der Waals surface area (Å²) in [7, 11) is 0. The molecule has 1 aliphatic heterocycles. The van der Waals surface area contributed by atoms with Gasteiger partial charge < -0.3 is 9.47 Å². The number of aryl methyl sites for hydroxylation is 1. The van der Waals surface area contributed by atoms with E-state index in [0.717, 1.165) is 20.9 Å². The summed E-state index contributed by atoms with van der Waals surface area (Å²) in [4.78, 5) is 25.5. The summed E-state index contributed by atoms with van der Waals surface area (Å²) < 4.78 is 3.07. The number of hydrogen-bond donors (Lipinski definition) is 0. The van der Waals surface area contributed by atoms with E-state index < -0.39 is 0 Å². The molecular weight excluding hydrogens is 356 g/mol. The Balaban J connectivity index is 1.63. The average Bonchev–Trinajstić information content (AvgIpc) is 2.84. The van der Waals surface area contributed by atoms with E-state index in [1.807, 2.05) is 16.8 Å². The van der Waals surface area contributed by atoms with E-state index >= 15 is 0 Å². The van der Waals surface area contributed by atoms with Gasteiger partial charge in [-0.25, -0.2) is 0 Å². The highest BCUT2D eigenvalue weighted by molar-refractivity contribution is 9.10. The standard InChI is InChI=1S/C18H19BrN2O2/c1-3-17(23)21-9-13(10-21)7-16(22)11-20-5-4-14-8-15(19)6-12(2)18(14)20/h3-6,8,13H,1,7,9-11H2,2H3. The number of carbonyl (C=O) groups excluding carboxylic acids is 2. The first-order chi connectivity index (χ1) is 11.0. The fourth-order valence-electron chi connectivity index (χ4n) is 3.24. The number of hydrogen-bond acceptors (Lipinski definition) is 2. The highest BCUT2D eigenvalue weighted by Gasteiger charge is 2.30. The summed E-state index contributed by atoms with van der Waals surface area (Å²) in [5, 5.41) is 1.14. The van der Waals surface area contributed by atoms with Crippen LogP contribution < -0.4 is 0 Å². The summed E-state index contributed by atoms with van der Waals surface area (Å²) in [5.41, 5.74) is 2.26. The summed E-state index contributed by atoms with van der Waals surface area (Å²) in [6, 6.07) is 6.16. The second-order valence-electron chi connectivity index (χ2n) is 6.16. The maximum atomic E-state index is 12.3. The Morgan fingerprint density at radius 2 is 2.13 bits per heavy atom. The maximum Gasteiger partial charge on any atom is 0.245 e. The van der Waals surface area contributed by atoms with Crippen LogP contribution in [0.1, 0.15) is 12.0 Å². The fourth-order valence-corrected chi connectivity index (χ4v) is 3.83. The van der Waals surface area contributed by atoms with Gasteiger partial charge in [0, 0.05) is 41.5 Å². The molecule has 1 amide bonds. The van der Waals surface area contributed by atoms with Crippen molar-refractivity contribution in [3.8, 4) is 0 Å². The third kappa shape index (κ3) is 3.24. The minimum Gasteiger partial charge on any atom is -0.340 e. The van der Waals surface area contributed by atoms with Gasteiger partial charge >= 0.3 is 0 Å². The zero-order valence-corrected chi connectivity index (χ0v) is 14.7. The van der Waals surface area contributed by atoms with Crippen molar-refractivity contribution < 1.29 is 9.59 Å². The summed E-state index contributed by atoms with van der Waals surface area (Å²) in [5.74, 6) is 0.440. The summed E-state index contributed by atoms with van der Waals surface area (Å²) >= 11 is 3.50. The molecule has 0 unspecified atom stereocenters. The lowest BCUT2D eigenvalue weighted by Crippen LogP contribution is -2.50. The molecule has 0 N–H and O–H groups in total. The number of amides is 1. The molecule has 0 radical (unpaired) electrons. The molecule has 0 aliphatic carbocycles. The molecule has 1 aliphatic rings. The van der Waals surface area contributed by atoms with Crippen molar-refractivity contribution in [2.75, 3.05) is 13.1 Å². The Hall–Kier alpha value is -1.88. The number of halogens is 1. The predicted molar refractivity (Wildman–Crippen MR) is 94.3 cm³/mol. The van der Waals surface area contributed by atoms with Gasteiger partial charge in [-0.1, -0.05) is 22.5 Å². The molecular formula is C18H19BrN2O2. The van der Waals surface area contributed by atoms with E-state index in [9.17, 15) is 9.59 Å². The molecule has 1 aromatic carbocycles. The van der Waals surface area contributed by atoms with Crippen LogP contribution in [-0.2, 0) is 16.1 Å². The highest BCUT2D eigenvalue weighted by Crippen LogP contribution is 2.26. The predicted octanol–water partition coefficient (Wildman–Crippen LogP) is 3.32. The molecule has 0 atom stereocenters. The molecule has 120 valence electrons. The van der Waals surface area contributed by atoms with Crippen LogP contribution in [-0.4, -0.2) is 34.2 Å². The van der Waals surface area contributed by atoms with Crippen molar-refractivity contribution in [3.05, 3.63) is 47.1 Å². The van der Waals surface area contributed by atoms with E-state index in [0.29, 0.717) is 26.1 Å². The first kappa shape index (κ1) is 16.0. The third-order valence-electron chi connectivity index (χ3n) is 4.32. The van der Waals surface area contributed by atoms with Gasteiger partial charge in [0.25, 0.3) is 0 Å². The summed E-state index contributed by atoms with van der Waals surface area (Å²) in [6.07, 6.45) is 3.82. The maximum absolute atomic E-state index is 12.3. The van der Waals surface area contributed by atoms with Crippen LogP contribution in [0, 0.1) is 12.8 Å². The molecule has 1 saturated heterocycles. The van der Waals surface area contributed by atoms with Crippen LogP contribution in [0.25, 0.3) is 10.9 Å². The largest absolute Gasteiger partial charge is 0.340 e. The molecule has 5 heteroatoms. The molecule has 0 spiro atoms. The SMILES string of the molecule is C=CC(=O)N1CC(CC(=O)Cn2ccc3cc(Br)cc(C)c32)C1. The average molecular weight is 375 g/mol. The second kappa shape index (κ2) is 6.32. The zero-order valence-electron chi connectivity index (χ0n) is 13.1. The lowest BCUT2D eigenvalue weighted by atomic mass is 9.94. The monoisotopic (exact) mass is 374 g/mol. The van der Waals surface area contributed by atoms with Crippen molar-refractivity contribution in [2.45, 2.75) is 19.9 Å². The van der Waals surface area contributed by atoms with Gasteiger partial charge in [-0.2, -0.15) is 0 Å². The van der Waals surface area contributed by atoms with Gasteiger partial charge in [-0.05, 0) is 36.8 Å². The Morgan fingerprint density at radius 1 is 1.39 bits per heavy atom. The molecule has 3 rings (SSSR count). The summed E-state index contributed by atoms with van der Waals surface area (Å²) in [6.45, 7) is 7.24. The number of fused-ring (bicyclic) bond motifs is 1. The van der Waals surface area contributed by atoms with E-state index in [-0.39, 0.29) is 17.6 Å². The Morgan fingerprint density at radius 3 is 2.83 bits per heavy atom. The minimum absolute atomic E-state index is 0.0497. The van der Waals surface area contributed by atoms with E-state index in [2.05, 4.69) is 41.6 Å². The van der Waals surface area contributed by atoms with Crippen LogP contribution in [0.5, 0.6) is 0 Å². The van der Waals surface area contributed by atoms with Gasteiger partial charge in [0.15, 0.2) is 5.78 Å². The van der Waals surface area contributed by atoms with Crippen LogP contribution >= 0.6 is 15.9 Å². The Labute approximate surface area is 143 Å². The van der Waals surface area contributed by atoms with E-state index in [4.69, 9.17) is 0 Å². The van der Waals surface area contributed by atoms with Gasteiger partial charge in [-0.3, -0.25) is 9.59 Å². The first-order valence-electron chi connectivity index (χ1n) is 7.66. The van der Waals surface area contributed by atoms with E-state index in [1.165, 1.54) is 6.08 Å². The number of aromatic nitrogens is 1. The van der Waals surface area contributed by atoms with Crippen molar-refractivity contribution >= 4 is 38.5 Å². The van der Waals surface area contributed by atoms with E-state index in [1.54, 1.807) is 4.90 Å². The lowest BCUT2D eigenvalue weighted by molar-refractivity contribution is -0.134. The van der Waals surface area contributed by atoms with Crippen molar-refractivity contribution in [1.29, 1.82) is 0 Å². The molecule has 0 saturated carbocycles. The van der Waals surface area contributed by atoms with Crippen LogP contribution in [0.3, 0.4) is 0 Å². The molecule has 1 fully saturated rings. The number of ketones is 1. The number of benzene rings is 1. The normalized spacial score (nSPS) is 14.8. The van der Waals surface area contributed by atoms with Crippen LogP contribution in [0.15, 0.2) is 41.5 Å². The molecule has 2 heterocycles. The zero-order chi connectivity index (χ0) is 16.6. The van der Waals surface area contributed by atoms with Crippen LogP contribution in [0.4, 0.5) is 0 Å². The molecule has 1 aromatic heterocycles. The molecule has 0 bridgehead atoms. The fraction of sp³-hybridized carbons (Fsp3) is 0.333. The quantitative estimate of drug-likeness (QED) is 0.753. The topological polar surface area (TPSA) is 42.3 Å². The smallest absolute Gasteiger partial charge is 0.245 e. The van der Waals surface area contributed by atoms with Crippen molar-refractivity contribution in [3.63, 3.8) is 0 Å². The highest BCUT2D eigenvalue weighted by atomic mass is 79.9. The Kier molecular flexibility index (Phi) is 4.39. The molecule has 2 aromatic rings. The van der Waals surface area contributed by atoms with Gasteiger partial charge in [0.05, 0.1) is 12.1 Å². The lowest BCUT2D eigenvalue weighted by Gasteiger charge is -2.38. The third-order valence-corrected chi connectivity index (χ3v) is 4.78. The number of likely N-dealkylation sites (tertiary alicyclic amines) is 1. The number of carbonyl (C=O) groups is 2. The van der Waals surface area contributed by atoms with Crippen molar-refractivity contribution in [2.24, 2.45) is 5.92 Å². The number of rotatable bonds is 5. The first-order valence-corrected chi connectivity index (χ1v) is 8.45. The van der Waals surface area contributed by atoms with Gasteiger partial charge in [0.2, 0.25) is 5.91 Å². The Bertz CT molecular complexity index is 788. The number of Topliss-reactive ketones (excluding diaryl/α,β-unsaturated/α-hetero) is 1. The minimum atomic E-state index is -0.0497. The van der Waals surface area contributed by atoms with Crippen LogP contribution in [0.2, 0.25) is 0 Å². The molecule has 23 heavy (non-hydrogen) atoms. The second-order valence-corrected chi connectivity index (χ2v) is 7.08. The van der Waals surface area contributed by atoms with Gasteiger partial charge in [0.1, 0.15) is 0 Å². The van der Waals surface area contributed by atoms with Crippen molar-refractivity contribution in [1.82, 2.24) is 9.47 Å². The van der Waals surface area contributed by atoms with Gasteiger partial charge in [-0.15, -0.1) is 0 Å².